The second-order valence-electron chi connectivity index (χ2n) is 7.35. The first kappa shape index (κ1) is 22.5. The molecule has 4 atom stereocenters. The lowest BCUT2D eigenvalue weighted by Crippen LogP contribution is -2.45. The first-order valence-corrected chi connectivity index (χ1v) is 10.2. The summed E-state index contributed by atoms with van der Waals surface area (Å²) in [5.74, 6) is -1.15. The number of esters is 2. The van der Waals surface area contributed by atoms with Gasteiger partial charge in [0.2, 0.25) is 0 Å². The van der Waals surface area contributed by atoms with Gasteiger partial charge in [0, 0.05) is 32.7 Å². The van der Waals surface area contributed by atoms with E-state index in [-0.39, 0.29) is 6.54 Å². The molecule has 0 radical (unpaired) electrons. The van der Waals surface area contributed by atoms with Gasteiger partial charge in [-0.3, -0.25) is 23.5 Å². The van der Waals surface area contributed by atoms with Crippen molar-refractivity contribution in [3.8, 4) is 0 Å². The second-order valence-corrected chi connectivity index (χ2v) is 7.35. The highest BCUT2D eigenvalue weighted by atomic mass is 16.6. The molecule has 2 heterocycles. The van der Waals surface area contributed by atoms with Crippen molar-refractivity contribution in [1.29, 1.82) is 0 Å². The minimum atomic E-state index is -1.03. The van der Waals surface area contributed by atoms with Gasteiger partial charge in [-0.2, -0.15) is 0 Å². The van der Waals surface area contributed by atoms with Gasteiger partial charge in [0.15, 0.2) is 18.4 Å². The molecule has 0 amide bonds. The number of rotatable bonds is 7. The highest BCUT2D eigenvalue weighted by Crippen LogP contribution is 2.34. The number of carbonyl (C=O) groups excluding carboxylic acids is 2. The fourth-order valence-electron chi connectivity index (χ4n) is 3.73. The molecule has 9 heteroatoms. The molecule has 1 aromatic heterocycles. The van der Waals surface area contributed by atoms with Gasteiger partial charge in [0.25, 0.3) is 5.56 Å². The van der Waals surface area contributed by atoms with Crippen molar-refractivity contribution in [3.05, 3.63) is 69.0 Å². The number of aryl methyl sites for hydroxylation is 1. The van der Waals surface area contributed by atoms with E-state index in [2.05, 4.69) is 0 Å². The maximum atomic E-state index is 13.2. The van der Waals surface area contributed by atoms with Crippen molar-refractivity contribution in [1.82, 2.24) is 9.13 Å². The predicted octanol–water partition coefficient (Wildman–Crippen LogP) is 1.42. The molecule has 3 rings (SSSR count). The molecule has 0 saturated carbocycles. The Hall–Kier alpha value is -3.20. The van der Waals surface area contributed by atoms with E-state index in [9.17, 15) is 19.2 Å². The Bertz CT molecular complexity index is 1040. The number of aromatic nitrogens is 2. The molecule has 1 saturated heterocycles. The summed E-state index contributed by atoms with van der Waals surface area (Å²) in [6.45, 7) is 4.49. The van der Waals surface area contributed by atoms with Crippen LogP contribution >= 0.6 is 0 Å². The van der Waals surface area contributed by atoms with E-state index in [1.54, 1.807) is 0 Å². The van der Waals surface area contributed by atoms with Gasteiger partial charge < -0.3 is 14.2 Å². The molecule has 1 aliphatic rings. The van der Waals surface area contributed by atoms with E-state index in [4.69, 9.17) is 14.2 Å². The molecule has 0 bridgehead atoms. The lowest BCUT2D eigenvalue weighted by atomic mass is 10.1. The van der Waals surface area contributed by atoms with Crippen LogP contribution in [-0.4, -0.2) is 39.4 Å². The fraction of sp³-hybridized carbons (Fsp3) is 0.455. The van der Waals surface area contributed by atoms with Crippen LogP contribution in [0, 0.1) is 0 Å². The third-order valence-corrected chi connectivity index (χ3v) is 5.13. The summed E-state index contributed by atoms with van der Waals surface area (Å²) in [5.41, 5.74) is -0.0493. The topological polar surface area (TPSA) is 106 Å². The van der Waals surface area contributed by atoms with Gasteiger partial charge in [-0.25, -0.2) is 4.79 Å². The number of nitrogens with zero attached hydrogens (tertiary/aromatic N) is 2. The molecule has 0 N–H and O–H groups in total. The summed E-state index contributed by atoms with van der Waals surface area (Å²) in [5, 5.41) is 0. The van der Waals surface area contributed by atoms with Crippen LogP contribution in [-0.2, 0) is 36.8 Å². The molecule has 1 unspecified atom stereocenters. The van der Waals surface area contributed by atoms with Crippen LogP contribution in [0.25, 0.3) is 0 Å². The van der Waals surface area contributed by atoms with Crippen LogP contribution < -0.4 is 11.2 Å². The van der Waals surface area contributed by atoms with Gasteiger partial charge in [0.1, 0.15) is 6.10 Å². The molecular weight excluding hydrogens is 404 g/mol. The average molecular weight is 430 g/mol. The lowest BCUT2D eigenvalue weighted by Gasteiger charge is -2.24. The van der Waals surface area contributed by atoms with Crippen molar-refractivity contribution in [2.24, 2.45) is 0 Å². The molecular formula is C22H26N2O7. The van der Waals surface area contributed by atoms with Crippen molar-refractivity contribution < 1.29 is 23.8 Å². The SMILES string of the molecule is CC[C@H]1O[C@@H](n2ccc(=O)n(CCc3ccccc3)c2=O)[C@@H](OC(C)=O)C1OC(C)=O. The summed E-state index contributed by atoms with van der Waals surface area (Å²) in [6.07, 6.45) is -1.23. The molecule has 1 fully saturated rings. The van der Waals surface area contributed by atoms with Gasteiger partial charge in [-0.1, -0.05) is 37.3 Å². The molecule has 9 nitrogen and oxygen atoms in total. The Balaban J connectivity index is 1.95. The summed E-state index contributed by atoms with van der Waals surface area (Å²) in [4.78, 5) is 48.8. The molecule has 0 aliphatic carbocycles. The van der Waals surface area contributed by atoms with Crippen molar-refractivity contribution in [2.75, 3.05) is 0 Å². The Morgan fingerprint density at radius 1 is 1.00 bits per heavy atom. The fourth-order valence-corrected chi connectivity index (χ4v) is 3.73. The van der Waals surface area contributed by atoms with E-state index >= 15 is 0 Å². The Morgan fingerprint density at radius 2 is 1.65 bits per heavy atom. The number of benzene rings is 1. The van der Waals surface area contributed by atoms with Crippen LogP contribution in [0.2, 0.25) is 0 Å². The zero-order valence-corrected chi connectivity index (χ0v) is 17.7. The zero-order valence-electron chi connectivity index (χ0n) is 17.7. The number of hydrogen-bond acceptors (Lipinski definition) is 7. The van der Waals surface area contributed by atoms with Crippen LogP contribution in [0.15, 0.2) is 52.2 Å². The maximum Gasteiger partial charge on any atom is 0.333 e. The normalized spacial score (nSPS) is 22.8. The summed E-state index contributed by atoms with van der Waals surface area (Å²) in [6, 6.07) is 10.8. The molecule has 1 aromatic carbocycles. The summed E-state index contributed by atoms with van der Waals surface area (Å²) >= 11 is 0. The van der Waals surface area contributed by atoms with Crippen LogP contribution in [0.4, 0.5) is 0 Å². The molecule has 31 heavy (non-hydrogen) atoms. The first-order chi connectivity index (χ1) is 14.8. The average Bonchev–Trinajstić information content (AvgIpc) is 3.04. The molecule has 1 aliphatic heterocycles. The Kier molecular flexibility index (Phi) is 7.06. The van der Waals surface area contributed by atoms with E-state index in [0.717, 1.165) is 10.1 Å². The highest BCUT2D eigenvalue weighted by Gasteiger charge is 2.49. The van der Waals surface area contributed by atoms with Gasteiger partial charge in [0.05, 0.1) is 0 Å². The van der Waals surface area contributed by atoms with E-state index in [1.807, 2.05) is 37.3 Å². The van der Waals surface area contributed by atoms with Gasteiger partial charge >= 0.3 is 17.6 Å². The quantitative estimate of drug-likeness (QED) is 0.612. The first-order valence-electron chi connectivity index (χ1n) is 10.2. The molecule has 2 aromatic rings. The van der Waals surface area contributed by atoms with Crippen molar-refractivity contribution in [2.45, 2.75) is 64.7 Å². The predicted molar refractivity (Wildman–Crippen MR) is 110 cm³/mol. The van der Waals surface area contributed by atoms with Gasteiger partial charge in [-0.05, 0) is 18.4 Å². The highest BCUT2D eigenvalue weighted by molar-refractivity contribution is 5.67. The summed E-state index contributed by atoms with van der Waals surface area (Å²) in [7, 11) is 0. The van der Waals surface area contributed by atoms with Crippen LogP contribution in [0.1, 0.15) is 39.0 Å². The van der Waals surface area contributed by atoms with Crippen molar-refractivity contribution >= 4 is 11.9 Å². The Labute approximate surface area is 179 Å². The maximum absolute atomic E-state index is 13.2. The zero-order chi connectivity index (χ0) is 22.5. The Morgan fingerprint density at radius 3 is 2.26 bits per heavy atom. The third kappa shape index (κ3) is 5.11. The van der Waals surface area contributed by atoms with E-state index < -0.39 is 47.7 Å². The summed E-state index contributed by atoms with van der Waals surface area (Å²) < 4.78 is 19.0. The van der Waals surface area contributed by atoms with Crippen LogP contribution in [0.3, 0.4) is 0 Å². The van der Waals surface area contributed by atoms with E-state index in [0.29, 0.717) is 12.8 Å². The van der Waals surface area contributed by atoms with Crippen LogP contribution in [0.5, 0.6) is 0 Å². The largest absolute Gasteiger partial charge is 0.456 e. The minimum absolute atomic E-state index is 0.179. The van der Waals surface area contributed by atoms with E-state index in [1.165, 1.54) is 30.7 Å². The molecule has 0 spiro atoms. The number of hydrogen-bond donors (Lipinski definition) is 0. The second kappa shape index (κ2) is 9.74. The standard InChI is InChI=1S/C22H26N2O7/c1-4-17-19(29-14(2)25)20(30-15(3)26)21(31-17)24-13-11-18(27)23(22(24)28)12-10-16-8-6-5-7-9-16/h5-9,11,13,17,19-21H,4,10,12H2,1-3H3/t17-,19?,20+,21-/m1/s1. The number of carbonyl (C=O) groups is 2. The third-order valence-electron chi connectivity index (χ3n) is 5.13. The number of ether oxygens (including phenoxy) is 3. The molecule has 166 valence electrons. The van der Waals surface area contributed by atoms with Gasteiger partial charge in [-0.15, -0.1) is 0 Å². The van der Waals surface area contributed by atoms with Crippen molar-refractivity contribution in [3.63, 3.8) is 0 Å². The minimum Gasteiger partial charge on any atom is -0.456 e. The lowest BCUT2D eigenvalue weighted by molar-refractivity contribution is -0.165. The smallest absolute Gasteiger partial charge is 0.333 e. The monoisotopic (exact) mass is 430 g/mol.